The van der Waals surface area contributed by atoms with Crippen LogP contribution in [0.2, 0.25) is 0 Å². The minimum Gasteiger partial charge on any atom is -0.483 e. The summed E-state index contributed by atoms with van der Waals surface area (Å²) in [5.74, 6) is 0.752. The van der Waals surface area contributed by atoms with Gasteiger partial charge in [-0.3, -0.25) is 20.4 Å². The van der Waals surface area contributed by atoms with Crippen LogP contribution in [0.3, 0.4) is 0 Å². The number of hydrogen-bond donors (Lipinski definition) is 2. The van der Waals surface area contributed by atoms with Crippen molar-refractivity contribution in [3.05, 3.63) is 54.6 Å². The van der Waals surface area contributed by atoms with Gasteiger partial charge >= 0.3 is 0 Å². The highest BCUT2D eigenvalue weighted by atomic mass is 16.5. The zero-order valence-electron chi connectivity index (χ0n) is 15.4. The lowest BCUT2D eigenvalue weighted by Gasteiger charge is -2.13. The summed E-state index contributed by atoms with van der Waals surface area (Å²) in [6.07, 6.45) is 6.31. The molecule has 5 nitrogen and oxygen atoms in total. The number of hydrazine groups is 1. The normalized spacial score (nSPS) is 13.9. The fourth-order valence-electron chi connectivity index (χ4n) is 3.46. The van der Waals surface area contributed by atoms with Crippen LogP contribution in [0.5, 0.6) is 5.75 Å². The van der Waals surface area contributed by atoms with Gasteiger partial charge in [-0.2, -0.15) is 0 Å². The zero-order chi connectivity index (χ0) is 18.9. The van der Waals surface area contributed by atoms with Crippen molar-refractivity contribution in [2.75, 3.05) is 6.61 Å². The van der Waals surface area contributed by atoms with Gasteiger partial charge in [-0.05, 0) is 24.0 Å². The monoisotopic (exact) mass is 366 g/mol. The maximum atomic E-state index is 12.0. The number of hydrogen-bond acceptors (Lipinski definition) is 3. The Kier molecular flexibility index (Phi) is 6.85. The number of para-hydroxylation sites is 1. The highest BCUT2D eigenvalue weighted by Gasteiger charge is 2.16. The molecular weight excluding hydrogens is 340 g/mol. The number of ether oxygens (including phenoxy) is 1. The van der Waals surface area contributed by atoms with Crippen LogP contribution in [-0.2, 0) is 9.59 Å². The Bertz CT molecular complexity index is 755. The average Bonchev–Trinajstić information content (AvgIpc) is 3.24. The first-order valence-corrected chi connectivity index (χ1v) is 9.57. The molecule has 3 rings (SSSR count). The van der Waals surface area contributed by atoms with Crippen LogP contribution >= 0.6 is 0 Å². The summed E-state index contributed by atoms with van der Waals surface area (Å²) in [5, 5.41) is 0. The lowest BCUT2D eigenvalue weighted by molar-refractivity contribution is -0.130. The van der Waals surface area contributed by atoms with Crippen molar-refractivity contribution >= 4 is 11.8 Å². The average molecular weight is 366 g/mol. The van der Waals surface area contributed by atoms with E-state index in [1.165, 1.54) is 25.7 Å². The summed E-state index contributed by atoms with van der Waals surface area (Å²) in [5.41, 5.74) is 6.84. The number of amides is 2. The summed E-state index contributed by atoms with van der Waals surface area (Å²) in [7, 11) is 0. The molecule has 0 heterocycles. The summed E-state index contributed by atoms with van der Waals surface area (Å²) >= 11 is 0. The van der Waals surface area contributed by atoms with Gasteiger partial charge < -0.3 is 4.74 Å². The third kappa shape index (κ3) is 5.84. The SMILES string of the molecule is O=C(CCC1CCCC1)NNC(=O)COc1ccccc1-c1ccccc1. The number of carbonyl (C=O) groups is 2. The van der Waals surface area contributed by atoms with E-state index in [1.807, 2.05) is 54.6 Å². The van der Waals surface area contributed by atoms with Crippen molar-refractivity contribution in [2.24, 2.45) is 5.92 Å². The minimum atomic E-state index is -0.382. The number of carbonyl (C=O) groups excluding carboxylic acids is 2. The molecule has 1 saturated carbocycles. The van der Waals surface area contributed by atoms with E-state index in [0.717, 1.165) is 17.5 Å². The molecule has 5 heteroatoms. The fraction of sp³-hybridized carbons (Fsp3) is 0.364. The molecule has 0 aliphatic heterocycles. The fourth-order valence-corrected chi connectivity index (χ4v) is 3.46. The van der Waals surface area contributed by atoms with Crippen LogP contribution in [0.1, 0.15) is 38.5 Å². The molecule has 2 aromatic rings. The van der Waals surface area contributed by atoms with Gasteiger partial charge in [-0.25, -0.2) is 0 Å². The van der Waals surface area contributed by atoms with Crippen molar-refractivity contribution < 1.29 is 14.3 Å². The van der Waals surface area contributed by atoms with E-state index in [1.54, 1.807) is 0 Å². The zero-order valence-corrected chi connectivity index (χ0v) is 15.4. The van der Waals surface area contributed by atoms with Crippen molar-refractivity contribution in [3.63, 3.8) is 0 Å². The summed E-state index contributed by atoms with van der Waals surface area (Å²) < 4.78 is 5.66. The Morgan fingerprint density at radius 3 is 2.33 bits per heavy atom. The molecule has 0 saturated heterocycles. The van der Waals surface area contributed by atoms with Gasteiger partial charge in [-0.1, -0.05) is 74.2 Å². The molecule has 0 radical (unpaired) electrons. The van der Waals surface area contributed by atoms with Gasteiger partial charge in [0.15, 0.2) is 6.61 Å². The molecule has 0 spiro atoms. The summed E-state index contributed by atoms with van der Waals surface area (Å²) in [4.78, 5) is 23.8. The largest absolute Gasteiger partial charge is 0.483 e. The molecule has 0 aromatic heterocycles. The van der Waals surface area contributed by atoms with E-state index in [-0.39, 0.29) is 18.4 Å². The summed E-state index contributed by atoms with van der Waals surface area (Å²) in [6.45, 7) is -0.160. The molecule has 2 N–H and O–H groups in total. The van der Waals surface area contributed by atoms with Gasteiger partial charge in [0.05, 0.1) is 0 Å². The molecule has 142 valence electrons. The predicted molar refractivity (Wildman–Crippen MR) is 105 cm³/mol. The van der Waals surface area contributed by atoms with E-state index in [9.17, 15) is 9.59 Å². The van der Waals surface area contributed by atoms with E-state index < -0.39 is 0 Å². The van der Waals surface area contributed by atoms with Gasteiger partial charge in [-0.15, -0.1) is 0 Å². The number of rotatable bonds is 7. The quantitative estimate of drug-likeness (QED) is 0.732. The van der Waals surface area contributed by atoms with Gasteiger partial charge in [0.2, 0.25) is 5.91 Å². The Morgan fingerprint density at radius 1 is 0.889 bits per heavy atom. The second-order valence-corrected chi connectivity index (χ2v) is 6.94. The third-order valence-electron chi connectivity index (χ3n) is 4.93. The van der Waals surface area contributed by atoms with Gasteiger partial charge in [0.25, 0.3) is 5.91 Å². The second-order valence-electron chi connectivity index (χ2n) is 6.94. The second kappa shape index (κ2) is 9.76. The minimum absolute atomic E-state index is 0.153. The third-order valence-corrected chi connectivity index (χ3v) is 4.93. The van der Waals surface area contributed by atoms with E-state index >= 15 is 0 Å². The van der Waals surface area contributed by atoms with Crippen LogP contribution in [0.25, 0.3) is 11.1 Å². The van der Waals surface area contributed by atoms with Crippen LogP contribution < -0.4 is 15.6 Å². The maximum absolute atomic E-state index is 12.0. The molecule has 2 aromatic carbocycles. The predicted octanol–water partition coefficient (Wildman–Crippen LogP) is 3.85. The van der Waals surface area contributed by atoms with E-state index in [4.69, 9.17) is 4.74 Å². The first-order valence-electron chi connectivity index (χ1n) is 9.57. The standard InChI is InChI=1S/C22H26N2O3/c25-21(15-14-17-8-4-5-9-17)23-24-22(26)16-27-20-13-7-6-12-19(20)18-10-2-1-3-11-18/h1-3,6-7,10-13,17H,4-5,8-9,14-16H2,(H,23,25)(H,24,26). The van der Waals surface area contributed by atoms with Crippen LogP contribution in [0, 0.1) is 5.92 Å². The van der Waals surface area contributed by atoms with Crippen molar-refractivity contribution in [1.29, 1.82) is 0 Å². The topological polar surface area (TPSA) is 67.4 Å². The maximum Gasteiger partial charge on any atom is 0.276 e. The van der Waals surface area contributed by atoms with Crippen LogP contribution in [0.15, 0.2) is 54.6 Å². The van der Waals surface area contributed by atoms with Gasteiger partial charge in [0.1, 0.15) is 5.75 Å². The first kappa shape index (κ1) is 19.0. The molecule has 1 aliphatic rings. The number of benzene rings is 2. The summed E-state index contributed by atoms with van der Waals surface area (Å²) in [6, 6.07) is 17.4. The Morgan fingerprint density at radius 2 is 1.56 bits per heavy atom. The Labute approximate surface area is 160 Å². The van der Waals surface area contributed by atoms with Crippen LogP contribution in [0.4, 0.5) is 0 Å². The van der Waals surface area contributed by atoms with E-state index in [0.29, 0.717) is 18.1 Å². The first-order chi connectivity index (χ1) is 13.2. The molecule has 1 aliphatic carbocycles. The molecule has 1 fully saturated rings. The Balaban J connectivity index is 1.43. The molecular formula is C22H26N2O3. The smallest absolute Gasteiger partial charge is 0.276 e. The van der Waals surface area contributed by atoms with Crippen molar-refractivity contribution in [2.45, 2.75) is 38.5 Å². The van der Waals surface area contributed by atoms with Gasteiger partial charge in [0, 0.05) is 12.0 Å². The lowest BCUT2D eigenvalue weighted by atomic mass is 10.0. The van der Waals surface area contributed by atoms with E-state index in [2.05, 4.69) is 10.9 Å². The molecule has 2 amide bonds. The molecule has 27 heavy (non-hydrogen) atoms. The number of nitrogens with one attached hydrogen (secondary N) is 2. The highest BCUT2D eigenvalue weighted by Crippen LogP contribution is 2.29. The Hall–Kier alpha value is -2.82. The lowest BCUT2D eigenvalue weighted by Crippen LogP contribution is -2.43. The highest BCUT2D eigenvalue weighted by molar-refractivity contribution is 5.83. The van der Waals surface area contributed by atoms with Crippen LogP contribution in [-0.4, -0.2) is 18.4 Å². The molecule has 0 atom stereocenters. The van der Waals surface area contributed by atoms with Crippen molar-refractivity contribution in [1.82, 2.24) is 10.9 Å². The molecule has 0 bridgehead atoms. The molecule has 0 unspecified atom stereocenters. The van der Waals surface area contributed by atoms with Crippen molar-refractivity contribution in [3.8, 4) is 16.9 Å².